The fourth-order valence-electron chi connectivity index (χ4n) is 2.19. The number of rotatable bonds is 3. The van der Waals surface area contributed by atoms with Crippen LogP contribution >= 0.6 is 0 Å². The largest absolute Gasteiger partial charge is 0.464 e. The highest BCUT2D eigenvalue weighted by molar-refractivity contribution is 5.80. The van der Waals surface area contributed by atoms with E-state index in [9.17, 15) is 4.79 Å². The van der Waals surface area contributed by atoms with Gasteiger partial charge in [0.05, 0.1) is 18.2 Å². The Morgan fingerprint density at radius 2 is 2.26 bits per heavy atom. The van der Waals surface area contributed by atoms with E-state index < -0.39 is 0 Å². The Bertz CT molecular complexity index is 478. The van der Waals surface area contributed by atoms with Crippen LogP contribution in [0.1, 0.15) is 12.5 Å². The summed E-state index contributed by atoms with van der Waals surface area (Å²) >= 11 is 0. The van der Waals surface area contributed by atoms with Crippen molar-refractivity contribution in [1.29, 1.82) is 5.26 Å². The van der Waals surface area contributed by atoms with Gasteiger partial charge in [-0.3, -0.25) is 0 Å². The van der Waals surface area contributed by atoms with Crippen LogP contribution in [-0.2, 0) is 9.53 Å². The van der Waals surface area contributed by atoms with Gasteiger partial charge in [0.2, 0.25) is 0 Å². The molecule has 0 aliphatic carbocycles. The lowest BCUT2D eigenvalue weighted by Crippen LogP contribution is -2.55. The molecule has 0 aromatic heterocycles. The molecule has 1 aliphatic heterocycles. The van der Waals surface area contributed by atoms with E-state index in [4.69, 9.17) is 10.00 Å². The summed E-state index contributed by atoms with van der Waals surface area (Å²) < 4.78 is 5.11. The van der Waals surface area contributed by atoms with Crippen molar-refractivity contribution < 1.29 is 9.53 Å². The number of hydrogen-bond acceptors (Lipinski definition) is 5. The Morgan fingerprint density at radius 3 is 2.89 bits per heavy atom. The van der Waals surface area contributed by atoms with Gasteiger partial charge in [-0.25, -0.2) is 4.79 Å². The normalized spacial score (nSPS) is 18.7. The van der Waals surface area contributed by atoms with Gasteiger partial charge >= 0.3 is 5.97 Å². The third kappa shape index (κ3) is 3.04. The summed E-state index contributed by atoms with van der Waals surface area (Å²) in [4.78, 5) is 14.0. The number of esters is 1. The molecule has 0 amide bonds. The molecule has 1 aromatic rings. The molecular formula is C14H17N3O2. The molecule has 1 fully saturated rings. The molecule has 0 saturated carbocycles. The minimum Gasteiger partial charge on any atom is -0.464 e. The summed E-state index contributed by atoms with van der Waals surface area (Å²) in [6.07, 6.45) is 0. The van der Waals surface area contributed by atoms with E-state index in [1.165, 1.54) is 0 Å². The van der Waals surface area contributed by atoms with Gasteiger partial charge in [-0.2, -0.15) is 5.26 Å². The minimum atomic E-state index is -0.304. The number of nitriles is 1. The predicted molar refractivity (Wildman–Crippen MR) is 71.8 cm³/mol. The highest BCUT2D eigenvalue weighted by Crippen LogP contribution is 2.19. The van der Waals surface area contributed by atoms with Crippen LogP contribution in [0.2, 0.25) is 0 Å². The zero-order chi connectivity index (χ0) is 13.7. The number of carbonyl (C=O) groups excluding carboxylic acids is 1. The smallest absolute Gasteiger partial charge is 0.330 e. The van der Waals surface area contributed by atoms with E-state index in [-0.39, 0.29) is 12.0 Å². The lowest BCUT2D eigenvalue weighted by atomic mass is 10.1. The molecule has 2 rings (SSSR count). The van der Waals surface area contributed by atoms with Crippen molar-refractivity contribution in [2.24, 2.45) is 0 Å². The molecule has 5 heteroatoms. The van der Waals surface area contributed by atoms with Gasteiger partial charge in [0.15, 0.2) is 0 Å². The first-order valence-electron chi connectivity index (χ1n) is 6.40. The van der Waals surface area contributed by atoms with Gasteiger partial charge in [-0.15, -0.1) is 0 Å². The van der Waals surface area contributed by atoms with Crippen LogP contribution in [0, 0.1) is 11.3 Å². The fraction of sp³-hybridized carbons (Fsp3) is 0.429. The molecule has 1 heterocycles. The van der Waals surface area contributed by atoms with Crippen molar-refractivity contribution in [2.45, 2.75) is 13.0 Å². The van der Waals surface area contributed by atoms with Gasteiger partial charge in [-0.1, -0.05) is 0 Å². The second-order valence-corrected chi connectivity index (χ2v) is 4.32. The lowest BCUT2D eigenvalue weighted by molar-refractivity contribution is -0.144. The maximum absolute atomic E-state index is 11.9. The quantitative estimate of drug-likeness (QED) is 0.817. The van der Waals surface area contributed by atoms with Gasteiger partial charge in [0.25, 0.3) is 0 Å². The molecule has 0 spiro atoms. The Balaban J connectivity index is 2.18. The zero-order valence-corrected chi connectivity index (χ0v) is 10.9. The third-order valence-corrected chi connectivity index (χ3v) is 3.13. The van der Waals surface area contributed by atoms with Crippen molar-refractivity contribution in [3.63, 3.8) is 0 Å². The molecule has 1 N–H and O–H groups in total. The molecule has 5 nitrogen and oxygen atoms in total. The van der Waals surface area contributed by atoms with Crippen LogP contribution in [0.5, 0.6) is 0 Å². The van der Waals surface area contributed by atoms with E-state index in [0.717, 1.165) is 18.8 Å². The number of piperazine rings is 1. The summed E-state index contributed by atoms with van der Waals surface area (Å²) in [6.45, 7) is 4.35. The van der Waals surface area contributed by atoms with Crippen LogP contribution < -0.4 is 10.2 Å². The predicted octanol–water partition coefficient (Wildman–Crippen LogP) is 0.900. The molecule has 0 bridgehead atoms. The number of nitrogens with one attached hydrogen (secondary N) is 1. The molecule has 19 heavy (non-hydrogen) atoms. The van der Waals surface area contributed by atoms with E-state index >= 15 is 0 Å². The van der Waals surface area contributed by atoms with Crippen molar-refractivity contribution in [3.05, 3.63) is 29.8 Å². The van der Waals surface area contributed by atoms with Crippen LogP contribution in [0.25, 0.3) is 0 Å². The average Bonchev–Trinajstić information content (AvgIpc) is 2.47. The number of anilines is 1. The molecule has 1 saturated heterocycles. The molecule has 1 unspecified atom stereocenters. The summed E-state index contributed by atoms with van der Waals surface area (Å²) in [7, 11) is 0. The number of benzene rings is 1. The Labute approximate surface area is 112 Å². The van der Waals surface area contributed by atoms with Crippen molar-refractivity contribution >= 4 is 11.7 Å². The maximum Gasteiger partial charge on any atom is 0.330 e. The van der Waals surface area contributed by atoms with E-state index in [1.54, 1.807) is 19.1 Å². The first kappa shape index (κ1) is 13.4. The molecule has 1 aliphatic rings. The van der Waals surface area contributed by atoms with Crippen LogP contribution in [0.3, 0.4) is 0 Å². The topological polar surface area (TPSA) is 65.4 Å². The van der Waals surface area contributed by atoms with E-state index in [1.807, 2.05) is 17.0 Å². The molecular weight excluding hydrogens is 242 g/mol. The summed E-state index contributed by atoms with van der Waals surface area (Å²) in [5.41, 5.74) is 1.56. The van der Waals surface area contributed by atoms with Crippen LogP contribution in [-0.4, -0.2) is 38.3 Å². The third-order valence-electron chi connectivity index (χ3n) is 3.13. The minimum absolute atomic E-state index is 0.209. The summed E-state index contributed by atoms with van der Waals surface area (Å²) in [5.74, 6) is -0.209. The molecule has 1 aromatic carbocycles. The van der Waals surface area contributed by atoms with Crippen molar-refractivity contribution in [1.82, 2.24) is 5.32 Å². The lowest BCUT2D eigenvalue weighted by Gasteiger charge is -2.36. The van der Waals surface area contributed by atoms with Crippen molar-refractivity contribution in [2.75, 3.05) is 31.1 Å². The Morgan fingerprint density at radius 1 is 1.53 bits per heavy atom. The second kappa shape index (κ2) is 6.21. The maximum atomic E-state index is 11.9. The Kier molecular flexibility index (Phi) is 4.37. The second-order valence-electron chi connectivity index (χ2n) is 4.32. The SMILES string of the molecule is CCOC(=O)C1CNCCN1c1ccc(C#N)cc1. The standard InChI is InChI=1S/C14H17N3O2/c1-2-19-14(18)13-10-16-7-8-17(13)12-5-3-11(9-15)4-6-12/h3-6,13,16H,2,7-8,10H2,1H3. The van der Waals surface area contributed by atoms with Gasteiger partial charge in [0, 0.05) is 25.3 Å². The monoisotopic (exact) mass is 259 g/mol. The highest BCUT2D eigenvalue weighted by Gasteiger charge is 2.29. The molecule has 0 radical (unpaired) electrons. The number of ether oxygens (including phenoxy) is 1. The first-order valence-corrected chi connectivity index (χ1v) is 6.40. The fourth-order valence-corrected chi connectivity index (χ4v) is 2.19. The first-order chi connectivity index (χ1) is 9.26. The average molecular weight is 259 g/mol. The molecule has 1 atom stereocenters. The van der Waals surface area contributed by atoms with Gasteiger partial charge in [-0.05, 0) is 31.2 Å². The summed E-state index contributed by atoms with van der Waals surface area (Å²) in [6, 6.07) is 9.05. The van der Waals surface area contributed by atoms with Crippen LogP contribution in [0.15, 0.2) is 24.3 Å². The number of carbonyl (C=O) groups is 1. The van der Waals surface area contributed by atoms with E-state index in [0.29, 0.717) is 18.7 Å². The van der Waals surface area contributed by atoms with E-state index in [2.05, 4.69) is 11.4 Å². The van der Waals surface area contributed by atoms with Gasteiger partial charge in [0.1, 0.15) is 6.04 Å². The highest BCUT2D eigenvalue weighted by atomic mass is 16.5. The number of hydrogen-bond donors (Lipinski definition) is 1. The van der Waals surface area contributed by atoms with Crippen molar-refractivity contribution in [3.8, 4) is 6.07 Å². The number of nitrogens with zero attached hydrogens (tertiary/aromatic N) is 2. The van der Waals surface area contributed by atoms with Crippen LogP contribution in [0.4, 0.5) is 5.69 Å². The summed E-state index contributed by atoms with van der Waals surface area (Å²) in [5, 5.41) is 12.0. The molecule has 100 valence electrons. The zero-order valence-electron chi connectivity index (χ0n) is 10.9. The Hall–Kier alpha value is -2.06. The van der Waals surface area contributed by atoms with Gasteiger partial charge < -0.3 is 15.0 Å².